The minimum atomic E-state index is -0.622. The molecular formula is C33H33N5O2. The van der Waals surface area contributed by atoms with Crippen LogP contribution in [0.3, 0.4) is 0 Å². The molecule has 2 aliphatic heterocycles. The zero-order valence-electron chi connectivity index (χ0n) is 22.5. The van der Waals surface area contributed by atoms with Crippen molar-refractivity contribution in [2.75, 3.05) is 24.5 Å². The Kier molecular flexibility index (Phi) is 6.04. The fourth-order valence-electron chi connectivity index (χ4n) is 6.75. The Morgan fingerprint density at radius 3 is 2.62 bits per heavy atom. The highest BCUT2D eigenvalue weighted by molar-refractivity contribution is 6.13. The van der Waals surface area contributed by atoms with Crippen LogP contribution < -0.4 is 10.6 Å². The smallest absolute Gasteiger partial charge is 0.238 e. The number of amides is 2. The van der Waals surface area contributed by atoms with Gasteiger partial charge in [0.15, 0.2) is 0 Å². The van der Waals surface area contributed by atoms with E-state index in [1.807, 2.05) is 24.3 Å². The summed E-state index contributed by atoms with van der Waals surface area (Å²) in [4.78, 5) is 29.3. The maximum Gasteiger partial charge on any atom is 0.238 e. The van der Waals surface area contributed by atoms with Crippen LogP contribution in [0.4, 0.5) is 5.69 Å². The number of nitrogens with one attached hydrogen (secondary N) is 1. The number of carbonyl (C=O) groups is 2. The molecule has 0 unspecified atom stereocenters. The van der Waals surface area contributed by atoms with E-state index in [2.05, 4.69) is 69.7 Å². The van der Waals surface area contributed by atoms with Crippen molar-refractivity contribution in [2.45, 2.75) is 43.6 Å². The van der Waals surface area contributed by atoms with E-state index >= 15 is 0 Å². The predicted molar refractivity (Wildman–Crippen MR) is 158 cm³/mol. The number of rotatable bonds is 7. The van der Waals surface area contributed by atoms with Crippen molar-refractivity contribution in [3.63, 3.8) is 0 Å². The van der Waals surface area contributed by atoms with E-state index < -0.39 is 11.3 Å². The highest BCUT2D eigenvalue weighted by atomic mass is 16.2. The highest BCUT2D eigenvalue weighted by Gasteiger charge is 2.67. The number of hydrogen-bond acceptors (Lipinski definition) is 4. The molecule has 3 aromatic carbocycles. The average molecular weight is 532 g/mol. The number of aromatic amines is 1. The first-order chi connectivity index (χ1) is 19.5. The topological polar surface area (TPSA) is 95.3 Å². The van der Waals surface area contributed by atoms with Crippen LogP contribution in [0.2, 0.25) is 0 Å². The molecule has 202 valence electrons. The Morgan fingerprint density at radius 2 is 1.82 bits per heavy atom. The molecule has 0 bridgehead atoms. The first kappa shape index (κ1) is 24.8. The Hall–Kier alpha value is -4.23. The van der Waals surface area contributed by atoms with Crippen LogP contribution in [-0.4, -0.2) is 46.5 Å². The summed E-state index contributed by atoms with van der Waals surface area (Å²) in [6, 6.07) is 22.9. The summed E-state index contributed by atoms with van der Waals surface area (Å²) in [7, 11) is 0. The third-order valence-electron chi connectivity index (χ3n) is 8.86. The molecule has 7 rings (SSSR count). The molecule has 2 amide bonds. The molecule has 3 aliphatic rings. The van der Waals surface area contributed by atoms with Crippen molar-refractivity contribution >= 4 is 40.6 Å². The molecule has 3 N–H and O–H groups in total. The number of aromatic nitrogens is 2. The number of para-hydroxylation sites is 1. The minimum absolute atomic E-state index is 0.0345. The van der Waals surface area contributed by atoms with Gasteiger partial charge < -0.3 is 10.6 Å². The minimum Gasteiger partial charge on any atom is -0.368 e. The summed E-state index contributed by atoms with van der Waals surface area (Å²) in [5.74, 6) is -0.493. The van der Waals surface area contributed by atoms with Crippen LogP contribution in [0.5, 0.6) is 0 Å². The van der Waals surface area contributed by atoms with Crippen molar-refractivity contribution < 1.29 is 9.59 Å². The van der Waals surface area contributed by atoms with Crippen LogP contribution in [0.25, 0.3) is 23.1 Å². The van der Waals surface area contributed by atoms with Gasteiger partial charge in [-0.1, -0.05) is 67.1 Å². The largest absolute Gasteiger partial charge is 0.368 e. The molecule has 1 aromatic heterocycles. The van der Waals surface area contributed by atoms with Crippen LogP contribution in [-0.2, 0) is 21.5 Å². The maximum absolute atomic E-state index is 13.6. The third-order valence-corrected chi connectivity index (χ3v) is 8.86. The molecule has 0 radical (unpaired) electrons. The first-order valence-electron chi connectivity index (χ1n) is 14.2. The van der Waals surface area contributed by atoms with Gasteiger partial charge in [-0.2, -0.15) is 5.10 Å². The standard InChI is InChI=1S/C33H33N5O2/c34-31(39)21-38-30-7-3-2-6-26(30)33(32(38)40)19-27(33)24-13-14-25-28(35-36-29(25)18-24)15-12-22-8-10-23(11-9-22)20-37-16-4-1-5-17-37/h2-3,6-15,18,27H,1,4-5,16-17,19-21H2,(H2,34,39)(H,35,36)/b15-12+/t27-,33-/m0/s1. The summed E-state index contributed by atoms with van der Waals surface area (Å²) in [5, 5.41) is 8.80. The van der Waals surface area contributed by atoms with E-state index in [0.29, 0.717) is 0 Å². The number of hydrogen-bond donors (Lipinski definition) is 2. The number of anilines is 1. The number of primary amides is 1. The highest BCUT2D eigenvalue weighted by Crippen LogP contribution is 2.66. The van der Waals surface area contributed by atoms with E-state index in [-0.39, 0.29) is 18.4 Å². The molecule has 4 aromatic rings. The predicted octanol–water partition coefficient (Wildman–Crippen LogP) is 4.98. The van der Waals surface area contributed by atoms with Gasteiger partial charge >= 0.3 is 0 Å². The van der Waals surface area contributed by atoms with Crippen molar-refractivity contribution in [2.24, 2.45) is 5.73 Å². The second-order valence-corrected chi connectivity index (χ2v) is 11.4. The number of carbonyl (C=O) groups excluding carboxylic acids is 2. The zero-order chi connectivity index (χ0) is 27.3. The number of fused-ring (bicyclic) bond motifs is 3. The maximum atomic E-state index is 13.6. The summed E-state index contributed by atoms with van der Waals surface area (Å²) < 4.78 is 0. The quantitative estimate of drug-likeness (QED) is 0.352. The van der Waals surface area contributed by atoms with Gasteiger partial charge in [0.2, 0.25) is 11.8 Å². The molecule has 40 heavy (non-hydrogen) atoms. The van der Waals surface area contributed by atoms with Crippen LogP contribution in [0.1, 0.15) is 59.5 Å². The van der Waals surface area contributed by atoms with Gasteiger partial charge in [-0.3, -0.25) is 19.6 Å². The van der Waals surface area contributed by atoms with Crippen LogP contribution in [0.15, 0.2) is 66.7 Å². The van der Waals surface area contributed by atoms with Gasteiger partial charge in [0.25, 0.3) is 0 Å². The van der Waals surface area contributed by atoms with Gasteiger partial charge in [0, 0.05) is 23.5 Å². The van der Waals surface area contributed by atoms with Crippen molar-refractivity contribution in [1.29, 1.82) is 0 Å². The second-order valence-electron chi connectivity index (χ2n) is 11.4. The second kappa shape index (κ2) is 9.75. The normalized spacial score (nSPS) is 22.4. The lowest BCUT2D eigenvalue weighted by Crippen LogP contribution is -2.39. The lowest BCUT2D eigenvalue weighted by molar-refractivity contribution is -0.123. The zero-order valence-corrected chi connectivity index (χ0v) is 22.5. The molecule has 1 saturated carbocycles. The average Bonchev–Trinajstić information content (AvgIpc) is 3.54. The number of benzene rings is 3. The van der Waals surface area contributed by atoms with Crippen LogP contribution in [0, 0.1) is 0 Å². The SMILES string of the molecule is NC(=O)CN1C(=O)[C@@]2(C[C@H]2c2ccc3c(/C=C/c4ccc(CN5CCCCC5)cc4)n[nH]c3c2)c2ccccc21. The molecule has 1 saturated heterocycles. The summed E-state index contributed by atoms with van der Waals surface area (Å²) in [6.07, 6.45) is 8.85. The summed E-state index contributed by atoms with van der Waals surface area (Å²) in [5.41, 5.74) is 12.1. The molecule has 2 fully saturated rings. The number of likely N-dealkylation sites (tertiary alicyclic amines) is 1. The van der Waals surface area contributed by atoms with Gasteiger partial charge in [0.1, 0.15) is 6.54 Å². The summed E-state index contributed by atoms with van der Waals surface area (Å²) in [6.45, 7) is 3.34. The van der Waals surface area contributed by atoms with Crippen molar-refractivity contribution in [1.82, 2.24) is 15.1 Å². The Morgan fingerprint density at radius 1 is 1.02 bits per heavy atom. The molecular weight excluding hydrogens is 498 g/mol. The molecule has 1 spiro atoms. The van der Waals surface area contributed by atoms with Gasteiger partial charge in [-0.05, 0) is 72.8 Å². The Balaban J connectivity index is 1.09. The van der Waals surface area contributed by atoms with Crippen molar-refractivity contribution in [3.05, 3.63) is 94.7 Å². The fraction of sp³-hybridized carbons (Fsp3) is 0.303. The van der Waals surface area contributed by atoms with Crippen LogP contribution >= 0.6 is 0 Å². The van der Waals surface area contributed by atoms with E-state index in [0.717, 1.165) is 51.9 Å². The molecule has 7 nitrogen and oxygen atoms in total. The fourth-order valence-corrected chi connectivity index (χ4v) is 6.75. The Bertz CT molecular complexity index is 1630. The monoisotopic (exact) mass is 531 g/mol. The molecule has 7 heteroatoms. The lowest BCUT2D eigenvalue weighted by Gasteiger charge is -2.26. The molecule has 2 atom stereocenters. The summed E-state index contributed by atoms with van der Waals surface area (Å²) >= 11 is 0. The van der Waals surface area contributed by atoms with E-state index in [9.17, 15) is 9.59 Å². The number of nitrogens with zero attached hydrogens (tertiary/aromatic N) is 3. The molecule has 3 heterocycles. The number of piperidine rings is 1. The van der Waals surface area contributed by atoms with E-state index in [4.69, 9.17) is 5.73 Å². The van der Waals surface area contributed by atoms with E-state index in [1.165, 1.54) is 37.9 Å². The first-order valence-corrected chi connectivity index (χ1v) is 14.2. The van der Waals surface area contributed by atoms with Gasteiger partial charge in [-0.15, -0.1) is 0 Å². The van der Waals surface area contributed by atoms with Crippen molar-refractivity contribution in [3.8, 4) is 0 Å². The number of H-pyrrole nitrogens is 1. The Labute approximate surface area is 233 Å². The van der Waals surface area contributed by atoms with E-state index in [1.54, 1.807) is 4.90 Å². The molecule has 1 aliphatic carbocycles. The third kappa shape index (κ3) is 4.21. The number of nitrogens with two attached hydrogens (primary N) is 1. The van der Waals surface area contributed by atoms with Gasteiger partial charge in [0.05, 0.1) is 16.6 Å². The lowest BCUT2D eigenvalue weighted by atomic mass is 9.92. The van der Waals surface area contributed by atoms with Gasteiger partial charge in [-0.25, -0.2) is 0 Å².